The molecule has 4 aromatic rings. The molecular weight excluding hydrogens is 400 g/mol. The Morgan fingerprint density at radius 3 is 2.44 bits per heavy atom. The molecule has 162 valence electrons. The Bertz CT molecular complexity index is 1180. The minimum absolute atomic E-state index is 0.114. The van der Waals surface area contributed by atoms with Crippen LogP contribution in [0.4, 0.5) is 0 Å². The molecule has 2 atom stereocenters. The van der Waals surface area contributed by atoms with E-state index >= 15 is 0 Å². The number of hydrogen-bond acceptors (Lipinski definition) is 4. The lowest BCUT2D eigenvalue weighted by Crippen LogP contribution is -2.32. The zero-order valence-corrected chi connectivity index (χ0v) is 18.1. The highest BCUT2D eigenvalue weighted by atomic mass is 16.1. The molecule has 1 amide bonds. The Labute approximate surface area is 187 Å². The van der Waals surface area contributed by atoms with Crippen LogP contribution in [0.1, 0.15) is 38.6 Å². The number of amides is 1. The van der Waals surface area contributed by atoms with Gasteiger partial charge in [-0.05, 0) is 48.6 Å². The Morgan fingerprint density at radius 2 is 1.75 bits per heavy atom. The van der Waals surface area contributed by atoms with Gasteiger partial charge in [-0.15, -0.1) is 5.10 Å². The van der Waals surface area contributed by atoms with Crippen LogP contribution in [-0.2, 0) is 4.79 Å². The molecule has 1 fully saturated rings. The van der Waals surface area contributed by atoms with Crippen LogP contribution in [0, 0.1) is 0 Å². The maximum Gasteiger partial charge on any atom is 0.219 e. The third-order valence-corrected chi connectivity index (χ3v) is 6.16. The summed E-state index contributed by atoms with van der Waals surface area (Å²) in [4.78, 5) is 11.7. The maximum absolute atomic E-state index is 11.7. The first kappa shape index (κ1) is 20.2. The number of hydrogen-bond donors (Lipinski definition) is 1. The van der Waals surface area contributed by atoms with E-state index in [0.29, 0.717) is 6.42 Å². The number of carbonyl (C=O) groups is 1. The van der Waals surface area contributed by atoms with Crippen molar-refractivity contribution in [3.8, 4) is 28.1 Å². The lowest BCUT2D eigenvalue weighted by atomic mass is 10.0. The summed E-state index contributed by atoms with van der Waals surface area (Å²) in [7, 11) is 0. The molecule has 7 nitrogen and oxygen atoms in total. The fraction of sp³-hybridized carbons (Fsp3) is 0.280. The van der Waals surface area contributed by atoms with E-state index < -0.39 is 0 Å². The predicted molar refractivity (Wildman–Crippen MR) is 123 cm³/mol. The van der Waals surface area contributed by atoms with Crippen molar-refractivity contribution in [1.29, 1.82) is 0 Å². The summed E-state index contributed by atoms with van der Waals surface area (Å²) in [6.07, 6.45) is 8.92. The van der Waals surface area contributed by atoms with E-state index in [1.54, 1.807) is 6.20 Å². The molecule has 2 aromatic carbocycles. The van der Waals surface area contributed by atoms with Gasteiger partial charge in [0.15, 0.2) is 0 Å². The van der Waals surface area contributed by atoms with Crippen LogP contribution in [0.3, 0.4) is 0 Å². The standard InChI is InChI=1S/C25H26N6O/c1-2-25(32)28-21-10-13-23(16-21)31-24(17-26-29-31)20-6-4-18(5-7-20)19-8-11-22(12-9-19)30-15-3-14-27-30/h3-9,11-12,14-15,17,21,23H,2,10,13,16H2,1H3,(H,28,32)/t21-,23+/m0/s1. The van der Waals surface area contributed by atoms with Crippen molar-refractivity contribution in [2.24, 2.45) is 0 Å². The molecule has 2 heterocycles. The number of nitrogens with zero attached hydrogens (tertiary/aromatic N) is 5. The van der Waals surface area contributed by atoms with E-state index in [1.165, 1.54) is 0 Å². The zero-order valence-electron chi connectivity index (χ0n) is 18.1. The highest BCUT2D eigenvalue weighted by molar-refractivity contribution is 5.75. The van der Waals surface area contributed by atoms with Crippen LogP contribution in [0.25, 0.3) is 28.1 Å². The van der Waals surface area contributed by atoms with Crippen LogP contribution < -0.4 is 5.32 Å². The molecule has 0 unspecified atom stereocenters. The Hall–Kier alpha value is -3.74. The summed E-state index contributed by atoms with van der Waals surface area (Å²) in [5.74, 6) is 0.114. The first-order valence-corrected chi connectivity index (χ1v) is 11.1. The Morgan fingerprint density at radius 1 is 1.03 bits per heavy atom. The summed E-state index contributed by atoms with van der Waals surface area (Å²) in [6.45, 7) is 1.88. The average Bonchev–Trinajstić information content (AvgIpc) is 3.61. The van der Waals surface area contributed by atoms with Crippen molar-refractivity contribution in [3.63, 3.8) is 0 Å². The van der Waals surface area contributed by atoms with E-state index in [0.717, 1.165) is 47.3 Å². The molecule has 2 aromatic heterocycles. The molecule has 1 N–H and O–H groups in total. The molecule has 1 saturated carbocycles. The zero-order chi connectivity index (χ0) is 21.9. The van der Waals surface area contributed by atoms with Crippen molar-refractivity contribution in [3.05, 3.63) is 73.2 Å². The van der Waals surface area contributed by atoms with Crippen molar-refractivity contribution >= 4 is 5.91 Å². The molecule has 0 spiro atoms. The third kappa shape index (κ3) is 4.06. The second-order valence-electron chi connectivity index (χ2n) is 8.22. The van der Waals surface area contributed by atoms with E-state index in [1.807, 2.05) is 34.7 Å². The van der Waals surface area contributed by atoms with Gasteiger partial charge in [-0.3, -0.25) is 4.79 Å². The first-order valence-electron chi connectivity index (χ1n) is 11.1. The number of carbonyl (C=O) groups excluding carboxylic acids is 1. The molecule has 1 aliphatic rings. The van der Waals surface area contributed by atoms with Crippen molar-refractivity contribution in [2.75, 3.05) is 0 Å². The number of aromatic nitrogens is 5. The second-order valence-corrected chi connectivity index (χ2v) is 8.22. The van der Waals surface area contributed by atoms with Crippen LogP contribution in [0.2, 0.25) is 0 Å². The minimum atomic E-state index is 0.114. The maximum atomic E-state index is 11.7. The number of nitrogens with one attached hydrogen (secondary N) is 1. The third-order valence-electron chi connectivity index (χ3n) is 6.16. The van der Waals surface area contributed by atoms with Gasteiger partial charge in [-0.1, -0.05) is 48.5 Å². The van der Waals surface area contributed by atoms with Gasteiger partial charge in [0, 0.05) is 30.4 Å². The van der Waals surface area contributed by atoms with Crippen molar-refractivity contribution < 1.29 is 4.79 Å². The van der Waals surface area contributed by atoms with Gasteiger partial charge in [-0.2, -0.15) is 5.10 Å². The highest BCUT2D eigenvalue weighted by Gasteiger charge is 2.29. The van der Waals surface area contributed by atoms with E-state index in [4.69, 9.17) is 0 Å². The summed E-state index contributed by atoms with van der Waals surface area (Å²) in [6, 6.07) is 19.3. The topological polar surface area (TPSA) is 77.6 Å². The molecule has 7 heteroatoms. The lowest BCUT2D eigenvalue weighted by Gasteiger charge is -2.15. The van der Waals surface area contributed by atoms with Gasteiger partial charge >= 0.3 is 0 Å². The van der Waals surface area contributed by atoms with E-state index in [-0.39, 0.29) is 18.0 Å². The molecule has 0 aliphatic heterocycles. The van der Waals surface area contributed by atoms with E-state index in [9.17, 15) is 4.79 Å². The molecular formula is C25H26N6O. The molecule has 1 aliphatic carbocycles. The number of benzene rings is 2. The van der Waals surface area contributed by atoms with Gasteiger partial charge in [0.05, 0.1) is 23.6 Å². The highest BCUT2D eigenvalue weighted by Crippen LogP contribution is 2.33. The van der Waals surface area contributed by atoms with Crippen molar-refractivity contribution in [1.82, 2.24) is 30.1 Å². The average molecular weight is 427 g/mol. The summed E-state index contributed by atoms with van der Waals surface area (Å²) < 4.78 is 3.87. The van der Waals surface area contributed by atoms with Gasteiger partial charge < -0.3 is 5.32 Å². The van der Waals surface area contributed by atoms with Crippen LogP contribution in [0.5, 0.6) is 0 Å². The van der Waals surface area contributed by atoms with E-state index in [2.05, 4.69) is 69.3 Å². The largest absolute Gasteiger partial charge is 0.353 e. The Kier molecular flexibility index (Phi) is 5.54. The normalized spacial score (nSPS) is 18.0. The van der Waals surface area contributed by atoms with Crippen LogP contribution >= 0.6 is 0 Å². The molecule has 32 heavy (non-hydrogen) atoms. The minimum Gasteiger partial charge on any atom is -0.353 e. The molecule has 0 bridgehead atoms. The predicted octanol–water partition coefficient (Wildman–Crippen LogP) is 4.42. The lowest BCUT2D eigenvalue weighted by molar-refractivity contribution is -0.121. The first-order chi connectivity index (χ1) is 15.7. The van der Waals surface area contributed by atoms with Gasteiger partial charge in [-0.25, -0.2) is 9.36 Å². The molecule has 5 rings (SSSR count). The second kappa shape index (κ2) is 8.78. The van der Waals surface area contributed by atoms with Gasteiger partial charge in [0.2, 0.25) is 5.91 Å². The fourth-order valence-electron chi connectivity index (χ4n) is 4.42. The van der Waals surface area contributed by atoms with Crippen LogP contribution in [-0.4, -0.2) is 36.7 Å². The van der Waals surface area contributed by atoms with Crippen molar-refractivity contribution in [2.45, 2.75) is 44.7 Å². The molecule has 0 saturated heterocycles. The fourth-order valence-corrected chi connectivity index (χ4v) is 4.42. The summed E-state index contributed by atoms with van der Waals surface area (Å²) in [5.41, 5.74) is 5.45. The van der Waals surface area contributed by atoms with Gasteiger partial charge in [0.1, 0.15) is 0 Å². The Balaban J connectivity index is 1.31. The smallest absolute Gasteiger partial charge is 0.219 e. The molecule has 0 radical (unpaired) electrons. The monoisotopic (exact) mass is 426 g/mol. The quantitative estimate of drug-likeness (QED) is 0.495. The van der Waals surface area contributed by atoms with Crippen LogP contribution in [0.15, 0.2) is 73.2 Å². The van der Waals surface area contributed by atoms with Gasteiger partial charge in [0.25, 0.3) is 0 Å². The number of rotatable bonds is 6. The summed E-state index contributed by atoms with van der Waals surface area (Å²) in [5, 5.41) is 15.9. The SMILES string of the molecule is CCC(=O)N[C@H]1CC[C@@H](n2nncc2-c2ccc(-c3ccc(-n4cccn4)cc3)cc2)C1. The summed E-state index contributed by atoms with van der Waals surface area (Å²) >= 11 is 0.